The minimum atomic E-state index is -0.241. The van der Waals surface area contributed by atoms with Crippen LogP contribution in [0.1, 0.15) is 57.4 Å². The fourth-order valence-corrected chi connectivity index (χ4v) is 3.58. The van der Waals surface area contributed by atoms with Crippen molar-refractivity contribution >= 4 is 11.7 Å². The van der Waals surface area contributed by atoms with Crippen molar-refractivity contribution in [1.29, 1.82) is 0 Å². The number of esters is 1. The maximum atomic E-state index is 12.5. The summed E-state index contributed by atoms with van der Waals surface area (Å²) in [5, 5.41) is 0. The van der Waals surface area contributed by atoms with E-state index in [1.165, 1.54) is 32.1 Å². The SMILES string of the molecule is CCOC(=O)C(c1ccccc1N)C(C)C1CCCCC1. The third kappa shape index (κ3) is 3.78. The number of carbonyl (C=O) groups is 1. The second kappa shape index (κ2) is 7.48. The van der Waals surface area contributed by atoms with Crippen molar-refractivity contribution < 1.29 is 9.53 Å². The van der Waals surface area contributed by atoms with E-state index in [-0.39, 0.29) is 17.8 Å². The molecule has 1 aliphatic rings. The van der Waals surface area contributed by atoms with Crippen LogP contribution in [0.15, 0.2) is 24.3 Å². The number of ether oxygens (including phenoxy) is 1. The normalized spacial score (nSPS) is 19.0. The number of hydrogen-bond acceptors (Lipinski definition) is 3. The Bertz CT molecular complexity index is 466. The molecule has 0 aromatic heterocycles. The average molecular weight is 289 g/mol. The molecule has 0 heterocycles. The Balaban J connectivity index is 2.27. The number of nitrogens with two attached hydrogens (primary N) is 1. The molecule has 1 saturated carbocycles. The van der Waals surface area contributed by atoms with Crippen LogP contribution in [0.3, 0.4) is 0 Å². The second-order valence-corrected chi connectivity index (χ2v) is 6.12. The highest BCUT2D eigenvalue weighted by atomic mass is 16.5. The van der Waals surface area contributed by atoms with E-state index in [9.17, 15) is 4.79 Å². The van der Waals surface area contributed by atoms with Crippen molar-refractivity contribution in [3.8, 4) is 0 Å². The van der Waals surface area contributed by atoms with Gasteiger partial charge in [0.05, 0.1) is 12.5 Å². The molecule has 2 N–H and O–H groups in total. The van der Waals surface area contributed by atoms with Crippen molar-refractivity contribution in [2.75, 3.05) is 12.3 Å². The van der Waals surface area contributed by atoms with Crippen molar-refractivity contribution in [2.24, 2.45) is 11.8 Å². The van der Waals surface area contributed by atoms with Crippen LogP contribution in [0.4, 0.5) is 5.69 Å². The third-order valence-electron chi connectivity index (χ3n) is 4.79. The fourth-order valence-electron chi connectivity index (χ4n) is 3.58. The van der Waals surface area contributed by atoms with E-state index >= 15 is 0 Å². The molecular weight excluding hydrogens is 262 g/mol. The van der Waals surface area contributed by atoms with Crippen LogP contribution >= 0.6 is 0 Å². The molecule has 2 unspecified atom stereocenters. The van der Waals surface area contributed by atoms with Crippen molar-refractivity contribution in [1.82, 2.24) is 0 Å². The molecule has 1 fully saturated rings. The molecule has 2 rings (SSSR count). The number of para-hydroxylation sites is 1. The van der Waals surface area contributed by atoms with E-state index in [1.54, 1.807) is 0 Å². The van der Waals surface area contributed by atoms with Crippen LogP contribution in [0.5, 0.6) is 0 Å². The highest BCUT2D eigenvalue weighted by molar-refractivity contribution is 5.80. The number of carbonyl (C=O) groups excluding carboxylic acids is 1. The van der Waals surface area contributed by atoms with E-state index < -0.39 is 0 Å². The summed E-state index contributed by atoms with van der Waals surface area (Å²) in [6.07, 6.45) is 6.29. The first kappa shape index (κ1) is 15.9. The molecule has 1 aromatic carbocycles. The summed E-state index contributed by atoms with van der Waals surface area (Å²) in [5.41, 5.74) is 7.73. The maximum absolute atomic E-state index is 12.5. The standard InChI is InChI=1S/C18H27NO2/c1-3-21-18(20)17(15-11-7-8-12-16(15)19)13(2)14-9-5-4-6-10-14/h7-8,11-14,17H,3-6,9-10,19H2,1-2H3. The molecule has 3 nitrogen and oxygen atoms in total. The zero-order chi connectivity index (χ0) is 15.2. The zero-order valence-corrected chi connectivity index (χ0v) is 13.2. The zero-order valence-electron chi connectivity index (χ0n) is 13.2. The van der Waals surface area contributed by atoms with Crippen molar-refractivity contribution in [3.05, 3.63) is 29.8 Å². The minimum absolute atomic E-state index is 0.131. The van der Waals surface area contributed by atoms with Gasteiger partial charge in [0.15, 0.2) is 0 Å². The van der Waals surface area contributed by atoms with Gasteiger partial charge in [-0.1, -0.05) is 57.2 Å². The molecule has 0 radical (unpaired) electrons. The van der Waals surface area contributed by atoms with Crippen LogP contribution < -0.4 is 5.73 Å². The van der Waals surface area contributed by atoms with Gasteiger partial charge in [-0.15, -0.1) is 0 Å². The van der Waals surface area contributed by atoms with Crippen LogP contribution in [-0.2, 0) is 9.53 Å². The summed E-state index contributed by atoms with van der Waals surface area (Å²) in [4.78, 5) is 12.5. The molecule has 0 amide bonds. The quantitative estimate of drug-likeness (QED) is 0.655. The van der Waals surface area contributed by atoms with Gasteiger partial charge in [-0.3, -0.25) is 4.79 Å². The summed E-state index contributed by atoms with van der Waals surface area (Å²) in [6.45, 7) is 4.46. The number of anilines is 1. The predicted molar refractivity (Wildman–Crippen MR) is 86.0 cm³/mol. The Morgan fingerprint density at radius 3 is 2.57 bits per heavy atom. The highest BCUT2D eigenvalue weighted by Crippen LogP contribution is 2.40. The van der Waals surface area contributed by atoms with Gasteiger partial charge in [0.2, 0.25) is 0 Å². The first-order valence-corrected chi connectivity index (χ1v) is 8.16. The van der Waals surface area contributed by atoms with Gasteiger partial charge in [-0.05, 0) is 30.4 Å². The van der Waals surface area contributed by atoms with E-state index in [2.05, 4.69) is 6.92 Å². The van der Waals surface area contributed by atoms with Crippen LogP contribution in [0.2, 0.25) is 0 Å². The van der Waals surface area contributed by atoms with Crippen LogP contribution in [0, 0.1) is 11.8 Å². The second-order valence-electron chi connectivity index (χ2n) is 6.12. The number of nitrogen functional groups attached to an aromatic ring is 1. The number of hydrogen-bond donors (Lipinski definition) is 1. The molecule has 1 aliphatic carbocycles. The smallest absolute Gasteiger partial charge is 0.313 e. The molecule has 0 aliphatic heterocycles. The fraction of sp³-hybridized carbons (Fsp3) is 0.611. The summed E-state index contributed by atoms with van der Waals surface area (Å²) in [5.74, 6) is 0.490. The Labute approximate surface area is 127 Å². The molecular formula is C18H27NO2. The predicted octanol–water partition coefficient (Wildman–Crippen LogP) is 4.13. The molecule has 0 bridgehead atoms. The molecule has 0 saturated heterocycles. The Morgan fingerprint density at radius 2 is 1.95 bits per heavy atom. The minimum Gasteiger partial charge on any atom is -0.466 e. The molecule has 1 aromatic rings. The van der Waals surface area contributed by atoms with Crippen LogP contribution in [0.25, 0.3) is 0 Å². The van der Waals surface area contributed by atoms with Crippen molar-refractivity contribution in [3.63, 3.8) is 0 Å². The van der Waals surface area contributed by atoms with Gasteiger partial charge in [0, 0.05) is 5.69 Å². The van der Waals surface area contributed by atoms with Gasteiger partial charge in [-0.2, -0.15) is 0 Å². The monoisotopic (exact) mass is 289 g/mol. The summed E-state index contributed by atoms with van der Waals surface area (Å²) >= 11 is 0. The topological polar surface area (TPSA) is 52.3 Å². The number of benzene rings is 1. The largest absolute Gasteiger partial charge is 0.466 e. The Morgan fingerprint density at radius 1 is 1.29 bits per heavy atom. The molecule has 3 heteroatoms. The summed E-state index contributed by atoms with van der Waals surface area (Å²) < 4.78 is 5.33. The van der Waals surface area contributed by atoms with E-state index in [0.717, 1.165) is 5.56 Å². The average Bonchev–Trinajstić information content (AvgIpc) is 2.50. The number of rotatable bonds is 5. The molecule has 21 heavy (non-hydrogen) atoms. The van der Waals surface area contributed by atoms with E-state index in [4.69, 9.17) is 10.5 Å². The van der Waals surface area contributed by atoms with Gasteiger partial charge in [0.25, 0.3) is 0 Å². The first-order chi connectivity index (χ1) is 10.1. The van der Waals surface area contributed by atoms with Gasteiger partial charge in [-0.25, -0.2) is 0 Å². The first-order valence-electron chi connectivity index (χ1n) is 8.16. The van der Waals surface area contributed by atoms with Crippen LogP contribution in [-0.4, -0.2) is 12.6 Å². The molecule has 2 atom stereocenters. The maximum Gasteiger partial charge on any atom is 0.313 e. The van der Waals surface area contributed by atoms with Gasteiger partial charge in [0.1, 0.15) is 0 Å². The Hall–Kier alpha value is -1.51. The lowest BCUT2D eigenvalue weighted by Gasteiger charge is -2.33. The molecule has 0 spiro atoms. The Kier molecular flexibility index (Phi) is 5.66. The summed E-state index contributed by atoms with van der Waals surface area (Å²) in [7, 11) is 0. The third-order valence-corrected chi connectivity index (χ3v) is 4.79. The van der Waals surface area contributed by atoms with Gasteiger partial charge < -0.3 is 10.5 Å². The van der Waals surface area contributed by atoms with E-state index in [0.29, 0.717) is 18.2 Å². The lowest BCUT2D eigenvalue weighted by molar-refractivity contribution is -0.147. The summed E-state index contributed by atoms with van der Waals surface area (Å²) in [6, 6.07) is 7.70. The van der Waals surface area contributed by atoms with Gasteiger partial charge >= 0.3 is 5.97 Å². The van der Waals surface area contributed by atoms with E-state index in [1.807, 2.05) is 31.2 Å². The lowest BCUT2D eigenvalue weighted by atomic mass is 9.72. The lowest BCUT2D eigenvalue weighted by Crippen LogP contribution is -2.29. The molecule has 116 valence electrons. The van der Waals surface area contributed by atoms with Crippen molar-refractivity contribution in [2.45, 2.75) is 51.9 Å². The highest BCUT2D eigenvalue weighted by Gasteiger charge is 2.34.